The van der Waals surface area contributed by atoms with E-state index in [-0.39, 0.29) is 19.4 Å². The minimum absolute atomic E-state index is 0.120. The zero-order valence-electron chi connectivity index (χ0n) is 10.7. The topological polar surface area (TPSA) is 51.2 Å². The van der Waals surface area contributed by atoms with Crippen LogP contribution in [0.15, 0.2) is 74.6 Å². The van der Waals surface area contributed by atoms with Gasteiger partial charge in [-0.3, -0.25) is 4.79 Å². The lowest BCUT2D eigenvalue weighted by Crippen LogP contribution is -2.04. The van der Waals surface area contributed by atoms with E-state index in [1.165, 1.54) is 0 Å². The standard InChI is InChI=1S/C15H10O3S3/c16-14-13(11-7-3-1-4-8-11)15(20-19-14)21(17,18)12-9-5-2-6-10-12/h1-10H. The fraction of sp³-hybridized carbons (Fsp3) is 0. The van der Waals surface area contributed by atoms with Crippen molar-refractivity contribution in [3.63, 3.8) is 0 Å². The van der Waals surface area contributed by atoms with E-state index >= 15 is 0 Å². The maximum atomic E-state index is 12.7. The molecule has 0 spiro atoms. The fourth-order valence-corrected chi connectivity index (χ4v) is 6.77. The SMILES string of the molecule is O=c1ssc(S(=O)(=O)c2ccccc2)c1-c1ccccc1. The van der Waals surface area contributed by atoms with Gasteiger partial charge in [-0.2, -0.15) is 0 Å². The lowest BCUT2D eigenvalue weighted by molar-refractivity contribution is 0.598. The molecule has 106 valence electrons. The Morgan fingerprint density at radius 1 is 0.762 bits per heavy atom. The van der Waals surface area contributed by atoms with E-state index in [0.717, 1.165) is 20.7 Å². The molecule has 0 fully saturated rings. The molecular weight excluding hydrogens is 324 g/mol. The molecular formula is C15H10O3S3. The summed E-state index contributed by atoms with van der Waals surface area (Å²) in [5.41, 5.74) is 0.906. The summed E-state index contributed by atoms with van der Waals surface area (Å²) in [5.74, 6) is 0. The smallest absolute Gasteiger partial charge is 0.252 e. The van der Waals surface area contributed by atoms with Crippen molar-refractivity contribution in [3.8, 4) is 11.1 Å². The molecule has 0 atom stereocenters. The summed E-state index contributed by atoms with van der Waals surface area (Å²) in [4.78, 5) is 12.3. The maximum Gasteiger partial charge on any atom is 0.252 e. The van der Waals surface area contributed by atoms with Gasteiger partial charge in [0.25, 0.3) is 4.74 Å². The first-order valence-corrected chi connectivity index (χ1v) is 9.72. The van der Waals surface area contributed by atoms with Gasteiger partial charge in [-0.1, -0.05) is 58.9 Å². The van der Waals surface area contributed by atoms with Gasteiger partial charge in [0.15, 0.2) is 0 Å². The summed E-state index contributed by atoms with van der Waals surface area (Å²) in [7, 11) is -1.70. The Labute approximate surface area is 129 Å². The summed E-state index contributed by atoms with van der Waals surface area (Å²) < 4.78 is 25.3. The molecule has 0 aliphatic heterocycles. The molecule has 0 saturated heterocycles. The van der Waals surface area contributed by atoms with Crippen LogP contribution in [0.4, 0.5) is 0 Å². The van der Waals surface area contributed by atoms with Crippen LogP contribution >= 0.6 is 20.7 Å². The molecule has 0 unspecified atom stereocenters. The van der Waals surface area contributed by atoms with Crippen molar-refractivity contribution < 1.29 is 8.42 Å². The molecule has 3 aromatic rings. The van der Waals surface area contributed by atoms with Gasteiger partial charge in [0.2, 0.25) is 9.84 Å². The Hall–Kier alpha value is -1.76. The van der Waals surface area contributed by atoms with Crippen LogP contribution in [-0.4, -0.2) is 8.42 Å². The first-order valence-electron chi connectivity index (χ1n) is 6.09. The quantitative estimate of drug-likeness (QED) is 0.687. The second-order valence-corrected chi connectivity index (χ2v) is 8.56. The van der Waals surface area contributed by atoms with Crippen molar-refractivity contribution in [2.45, 2.75) is 9.10 Å². The third-order valence-electron chi connectivity index (χ3n) is 2.96. The van der Waals surface area contributed by atoms with E-state index in [4.69, 9.17) is 0 Å². The van der Waals surface area contributed by atoms with Crippen molar-refractivity contribution in [1.29, 1.82) is 0 Å². The molecule has 1 heterocycles. The lowest BCUT2D eigenvalue weighted by atomic mass is 10.1. The Morgan fingerprint density at radius 2 is 1.33 bits per heavy atom. The minimum Gasteiger partial charge on any atom is -0.276 e. The lowest BCUT2D eigenvalue weighted by Gasteiger charge is -2.04. The summed E-state index contributed by atoms with van der Waals surface area (Å²) in [6.07, 6.45) is 0. The van der Waals surface area contributed by atoms with E-state index in [1.54, 1.807) is 54.6 Å². The zero-order chi connectivity index (χ0) is 14.9. The van der Waals surface area contributed by atoms with E-state index in [0.29, 0.717) is 5.56 Å². The number of sulfone groups is 1. The van der Waals surface area contributed by atoms with Crippen molar-refractivity contribution >= 4 is 30.5 Å². The van der Waals surface area contributed by atoms with Crippen molar-refractivity contribution in [2.75, 3.05) is 0 Å². The van der Waals surface area contributed by atoms with Gasteiger partial charge in [-0.05, 0) is 28.0 Å². The predicted molar refractivity (Wildman–Crippen MR) is 85.8 cm³/mol. The average Bonchev–Trinajstić information content (AvgIpc) is 2.91. The van der Waals surface area contributed by atoms with Crippen LogP contribution in [0.5, 0.6) is 0 Å². The van der Waals surface area contributed by atoms with E-state index in [9.17, 15) is 13.2 Å². The van der Waals surface area contributed by atoms with E-state index in [2.05, 4.69) is 0 Å². The molecule has 3 nitrogen and oxygen atoms in total. The molecule has 2 aromatic carbocycles. The summed E-state index contributed by atoms with van der Waals surface area (Å²) in [5, 5.41) is 0. The van der Waals surface area contributed by atoms with Crippen LogP contribution < -0.4 is 4.74 Å². The summed E-state index contributed by atoms with van der Waals surface area (Å²) in [6, 6.07) is 17.1. The largest absolute Gasteiger partial charge is 0.276 e. The maximum absolute atomic E-state index is 12.7. The zero-order valence-corrected chi connectivity index (χ0v) is 13.2. The first kappa shape index (κ1) is 14.2. The van der Waals surface area contributed by atoms with Crippen LogP contribution in [0.2, 0.25) is 0 Å². The highest BCUT2D eigenvalue weighted by Crippen LogP contribution is 2.34. The molecule has 0 bridgehead atoms. The fourth-order valence-electron chi connectivity index (χ4n) is 1.97. The van der Waals surface area contributed by atoms with Gasteiger partial charge in [0.1, 0.15) is 4.21 Å². The highest BCUT2D eigenvalue weighted by atomic mass is 32.9. The average molecular weight is 334 g/mol. The van der Waals surface area contributed by atoms with Gasteiger partial charge in [-0.25, -0.2) is 8.42 Å². The molecule has 21 heavy (non-hydrogen) atoms. The van der Waals surface area contributed by atoms with Crippen LogP contribution in [0.1, 0.15) is 0 Å². The second-order valence-electron chi connectivity index (χ2n) is 4.30. The van der Waals surface area contributed by atoms with Crippen LogP contribution in [0.3, 0.4) is 0 Å². The molecule has 0 N–H and O–H groups in total. The molecule has 1 aromatic heterocycles. The van der Waals surface area contributed by atoms with Gasteiger partial charge in [0.05, 0.1) is 10.5 Å². The second kappa shape index (κ2) is 5.55. The number of rotatable bonds is 3. The normalized spacial score (nSPS) is 11.4. The molecule has 6 heteroatoms. The Bertz CT molecular complexity index is 908. The van der Waals surface area contributed by atoms with Gasteiger partial charge >= 0.3 is 0 Å². The first-order chi connectivity index (χ1) is 10.1. The molecule has 0 aliphatic carbocycles. The monoisotopic (exact) mass is 334 g/mol. The van der Waals surface area contributed by atoms with Crippen LogP contribution in [0.25, 0.3) is 11.1 Å². The summed E-state index contributed by atoms with van der Waals surface area (Å²) in [6.45, 7) is 0. The van der Waals surface area contributed by atoms with Gasteiger partial charge < -0.3 is 0 Å². The highest BCUT2D eigenvalue weighted by Gasteiger charge is 2.26. The van der Waals surface area contributed by atoms with Gasteiger partial charge in [-0.15, -0.1) is 0 Å². The van der Waals surface area contributed by atoms with Crippen molar-refractivity contribution in [2.24, 2.45) is 0 Å². The molecule has 3 rings (SSSR count). The highest BCUT2D eigenvalue weighted by molar-refractivity contribution is 7.96. The molecule has 0 saturated carbocycles. The third kappa shape index (κ3) is 2.57. The van der Waals surface area contributed by atoms with Crippen LogP contribution in [-0.2, 0) is 9.84 Å². The Morgan fingerprint density at radius 3 is 1.95 bits per heavy atom. The van der Waals surface area contributed by atoms with Crippen molar-refractivity contribution in [3.05, 3.63) is 70.2 Å². The summed E-state index contributed by atoms with van der Waals surface area (Å²) >= 11 is 0. The number of hydrogen-bond acceptors (Lipinski definition) is 5. The predicted octanol–water partition coefficient (Wildman–Crippen LogP) is 3.67. The van der Waals surface area contributed by atoms with Crippen LogP contribution in [0, 0.1) is 0 Å². The Kier molecular flexibility index (Phi) is 3.75. The third-order valence-corrected chi connectivity index (χ3v) is 7.77. The van der Waals surface area contributed by atoms with Crippen molar-refractivity contribution in [1.82, 2.24) is 0 Å². The number of benzene rings is 2. The molecule has 0 aliphatic rings. The van der Waals surface area contributed by atoms with E-state index in [1.807, 2.05) is 6.07 Å². The molecule has 0 amide bonds. The van der Waals surface area contributed by atoms with Gasteiger partial charge in [0, 0.05) is 0 Å². The molecule has 0 radical (unpaired) electrons. The van der Waals surface area contributed by atoms with E-state index < -0.39 is 9.84 Å². The minimum atomic E-state index is -3.67. The Balaban J connectivity index is 2.25. The number of hydrogen-bond donors (Lipinski definition) is 0.